The van der Waals surface area contributed by atoms with Crippen LogP contribution in [-0.4, -0.2) is 59.6 Å². The Morgan fingerprint density at radius 2 is 2.15 bits per heavy atom. The number of aromatic nitrogens is 3. The number of aromatic amines is 1. The van der Waals surface area contributed by atoms with Crippen LogP contribution in [0.4, 0.5) is 5.95 Å². The summed E-state index contributed by atoms with van der Waals surface area (Å²) in [5.41, 5.74) is 2.36. The minimum Gasteiger partial charge on any atom is -0.368 e. The molecule has 0 aliphatic carbocycles. The van der Waals surface area contributed by atoms with Crippen LogP contribution in [0, 0.1) is 0 Å². The molecule has 7 nitrogen and oxygen atoms in total. The number of ether oxygens (including phenoxy) is 1. The summed E-state index contributed by atoms with van der Waals surface area (Å²) in [7, 11) is 3.79. The van der Waals surface area contributed by atoms with E-state index in [2.05, 4.69) is 15.0 Å². The predicted octanol–water partition coefficient (Wildman–Crippen LogP) is 2.24. The SMILES string of the molecule is CN(C)c1nccc(C2CN(C(=O)c3cc4ccccc4[nH]3)CCO2)n1. The molecule has 0 radical (unpaired) electrons. The van der Waals surface area contributed by atoms with Gasteiger partial charge in [0.05, 0.1) is 18.8 Å². The van der Waals surface area contributed by atoms with Crippen molar-refractivity contribution in [3.05, 3.63) is 54.0 Å². The number of fused-ring (bicyclic) bond motifs is 1. The van der Waals surface area contributed by atoms with Gasteiger partial charge < -0.3 is 19.5 Å². The number of benzene rings is 1. The van der Waals surface area contributed by atoms with Crippen LogP contribution in [0.3, 0.4) is 0 Å². The van der Waals surface area contributed by atoms with Gasteiger partial charge in [0.2, 0.25) is 5.95 Å². The highest BCUT2D eigenvalue weighted by Gasteiger charge is 2.28. The molecule has 1 aliphatic rings. The van der Waals surface area contributed by atoms with E-state index in [9.17, 15) is 4.79 Å². The normalized spacial score (nSPS) is 17.5. The Kier molecular flexibility index (Phi) is 4.30. The summed E-state index contributed by atoms with van der Waals surface area (Å²) < 4.78 is 5.86. The minimum absolute atomic E-state index is 0.0172. The molecule has 0 spiro atoms. The smallest absolute Gasteiger partial charge is 0.270 e. The molecule has 0 bridgehead atoms. The lowest BCUT2D eigenvalue weighted by Crippen LogP contribution is -2.42. The Hall–Kier alpha value is -2.93. The maximum atomic E-state index is 12.9. The van der Waals surface area contributed by atoms with E-state index in [1.54, 1.807) is 6.20 Å². The minimum atomic E-state index is -0.251. The van der Waals surface area contributed by atoms with E-state index in [4.69, 9.17) is 4.74 Å². The van der Waals surface area contributed by atoms with Gasteiger partial charge in [0.15, 0.2) is 0 Å². The predicted molar refractivity (Wildman–Crippen MR) is 99.3 cm³/mol. The molecule has 26 heavy (non-hydrogen) atoms. The van der Waals surface area contributed by atoms with Crippen LogP contribution >= 0.6 is 0 Å². The van der Waals surface area contributed by atoms with Crippen LogP contribution in [0.5, 0.6) is 0 Å². The largest absolute Gasteiger partial charge is 0.368 e. The highest BCUT2D eigenvalue weighted by molar-refractivity contribution is 5.98. The fourth-order valence-electron chi connectivity index (χ4n) is 3.13. The van der Waals surface area contributed by atoms with Crippen molar-refractivity contribution >= 4 is 22.8 Å². The molecule has 2 aromatic heterocycles. The average molecular weight is 351 g/mol. The van der Waals surface area contributed by atoms with Gasteiger partial charge in [-0.15, -0.1) is 0 Å². The molecule has 1 fully saturated rings. The molecule has 134 valence electrons. The monoisotopic (exact) mass is 351 g/mol. The summed E-state index contributed by atoms with van der Waals surface area (Å²) >= 11 is 0. The summed E-state index contributed by atoms with van der Waals surface area (Å²) in [5, 5.41) is 1.03. The Balaban J connectivity index is 1.54. The molecule has 1 aliphatic heterocycles. The second-order valence-corrected chi connectivity index (χ2v) is 6.56. The topological polar surface area (TPSA) is 74.4 Å². The molecule has 1 amide bonds. The molecule has 1 unspecified atom stereocenters. The lowest BCUT2D eigenvalue weighted by molar-refractivity contribution is -0.0248. The highest BCUT2D eigenvalue weighted by atomic mass is 16.5. The molecule has 1 atom stereocenters. The van der Waals surface area contributed by atoms with Crippen LogP contribution in [0.15, 0.2) is 42.6 Å². The third-order valence-electron chi connectivity index (χ3n) is 4.51. The number of amides is 1. The van der Waals surface area contributed by atoms with Crippen LogP contribution < -0.4 is 4.90 Å². The number of H-pyrrole nitrogens is 1. The molecule has 3 aromatic rings. The van der Waals surface area contributed by atoms with Crippen molar-refractivity contribution in [1.82, 2.24) is 19.9 Å². The van der Waals surface area contributed by atoms with Gasteiger partial charge in [0.25, 0.3) is 5.91 Å². The van der Waals surface area contributed by atoms with Gasteiger partial charge in [-0.2, -0.15) is 0 Å². The Labute approximate surface area is 151 Å². The van der Waals surface area contributed by atoms with E-state index in [0.29, 0.717) is 31.3 Å². The highest BCUT2D eigenvalue weighted by Crippen LogP contribution is 2.23. The summed E-state index contributed by atoms with van der Waals surface area (Å²) in [6.45, 7) is 1.52. The van der Waals surface area contributed by atoms with E-state index in [1.807, 2.05) is 60.3 Å². The number of morpholine rings is 1. The number of hydrogen-bond donors (Lipinski definition) is 1. The van der Waals surface area contributed by atoms with Crippen molar-refractivity contribution in [2.24, 2.45) is 0 Å². The van der Waals surface area contributed by atoms with Gasteiger partial charge in [-0.25, -0.2) is 9.97 Å². The van der Waals surface area contributed by atoms with Crippen LogP contribution in [0.25, 0.3) is 10.9 Å². The van der Waals surface area contributed by atoms with Gasteiger partial charge in [0, 0.05) is 37.7 Å². The van der Waals surface area contributed by atoms with Crippen molar-refractivity contribution in [3.63, 3.8) is 0 Å². The third-order valence-corrected chi connectivity index (χ3v) is 4.51. The van der Waals surface area contributed by atoms with Crippen molar-refractivity contribution in [2.75, 3.05) is 38.7 Å². The Morgan fingerprint density at radius 3 is 2.96 bits per heavy atom. The number of rotatable bonds is 3. The molecule has 1 N–H and O–H groups in total. The Bertz CT molecular complexity index is 903. The standard InChI is InChI=1S/C19H21N5O2/c1-23(2)19-20-8-7-15(22-19)17-12-24(9-10-26-17)18(25)16-11-13-5-3-4-6-14(13)21-16/h3-8,11,17,21H,9-10,12H2,1-2H3. The van der Waals surface area contributed by atoms with Crippen molar-refractivity contribution in [1.29, 1.82) is 0 Å². The van der Waals surface area contributed by atoms with Crippen molar-refractivity contribution in [2.45, 2.75) is 6.10 Å². The molecule has 3 heterocycles. The van der Waals surface area contributed by atoms with E-state index in [-0.39, 0.29) is 12.0 Å². The van der Waals surface area contributed by atoms with Crippen LogP contribution in [-0.2, 0) is 4.74 Å². The molecular weight excluding hydrogens is 330 g/mol. The first-order chi connectivity index (χ1) is 12.6. The second-order valence-electron chi connectivity index (χ2n) is 6.56. The van der Waals surface area contributed by atoms with Gasteiger partial charge >= 0.3 is 0 Å². The number of nitrogens with zero attached hydrogens (tertiary/aromatic N) is 4. The quantitative estimate of drug-likeness (QED) is 0.783. The summed E-state index contributed by atoms with van der Waals surface area (Å²) in [5.74, 6) is 0.613. The number of carbonyl (C=O) groups excluding carboxylic acids is 1. The van der Waals surface area contributed by atoms with E-state index >= 15 is 0 Å². The van der Waals surface area contributed by atoms with Gasteiger partial charge in [-0.3, -0.25) is 4.79 Å². The van der Waals surface area contributed by atoms with E-state index in [1.165, 1.54) is 0 Å². The van der Waals surface area contributed by atoms with Gasteiger partial charge in [0.1, 0.15) is 11.8 Å². The fourth-order valence-corrected chi connectivity index (χ4v) is 3.13. The number of nitrogens with one attached hydrogen (secondary N) is 1. The fraction of sp³-hybridized carbons (Fsp3) is 0.316. The first-order valence-electron chi connectivity index (χ1n) is 8.61. The lowest BCUT2D eigenvalue weighted by atomic mass is 10.2. The lowest BCUT2D eigenvalue weighted by Gasteiger charge is -2.32. The molecule has 4 rings (SSSR count). The first kappa shape index (κ1) is 16.5. The third kappa shape index (κ3) is 3.13. The van der Waals surface area contributed by atoms with E-state index < -0.39 is 0 Å². The zero-order valence-electron chi connectivity index (χ0n) is 14.8. The zero-order chi connectivity index (χ0) is 18.1. The van der Waals surface area contributed by atoms with Gasteiger partial charge in [-0.1, -0.05) is 18.2 Å². The summed E-state index contributed by atoms with van der Waals surface area (Å²) in [4.78, 5) is 28.6. The number of anilines is 1. The average Bonchev–Trinajstić information content (AvgIpc) is 3.12. The van der Waals surface area contributed by atoms with E-state index in [0.717, 1.165) is 16.6 Å². The maximum Gasteiger partial charge on any atom is 0.270 e. The number of hydrogen-bond acceptors (Lipinski definition) is 5. The zero-order valence-corrected chi connectivity index (χ0v) is 14.8. The molecule has 1 saturated heterocycles. The summed E-state index contributed by atoms with van der Waals surface area (Å²) in [6, 6.07) is 11.6. The second kappa shape index (κ2) is 6.76. The van der Waals surface area contributed by atoms with Crippen LogP contribution in [0.2, 0.25) is 0 Å². The summed E-state index contributed by atoms with van der Waals surface area (Å²) in [6.07, 6.45) is 1.47. The van der Waals surface area contributed by atoms with Crippen LogP contribution in [0.1, 0.15) is 22.3 Å². The molecule has 7 heteroatoms. The van der Waals surface area contributed by atoms with Crippen molar-refractivity contribution in [3.8, 4) is 0 Å². The molecular formula is C19H21N5O2. The molecule has 1 aromatic carbocycles. The van der Waals surface area contributed by atoms with Gasteiger partial charge in [-0.05, 0) is 18.2 Å². The molecule has 0 saturated carbocycles. The first-order valence-corrected chi connectivity index (χ1v) is 8.61. The maximum absolute atomic E-state index is 12.9. The Morgan fingerprint density at radius 1 is 1.31 bits per heavy atom. The van der Waals surface area contributed by atoms with Crippen molar-refractivity contribution < 1.29 is 9.53 Å². The number of para-hydroxylation sites is 1. The number of carbonyl (C=O) groups is 1.